The van der Waals surface area contributed by atoms with Crippen molar-refractivity contribution in [2.75, 3.05) is 20.1 Å². The van der Waals surface area contributed by atoms with Gasteiger partial charge in [-0.1, -0.05) is 31.0 Å². The second kappa shape index (κ2) is 11.4. The van der Waals surface area contributed by atoms with Gasteiger partial charge in [-0.25, -0.2) is 0 Å². The van der Waals surface area contributed by atoms with E-state index in [1.54, 1.807) is 0 Å². The number of halogens is 1. The van der Waals surface area contributed by atoms with Crippen LogP contribution in [0.5, 0.6) is 5.75 Å². The maximum Gasteiger partial charge on any atom is 0.191 e. The Kier molecular flexibility index (Phi) is 8.90. The van der Waals surface area contributed by atoms with Gasteiger partial charge in [0.25, 0.3) is 0 Å². The normalized spacial score (nSPS) is 22.0. The molecule has 3 fully saturated rings. The Bertz CT molecular complexity index is 650. The summed E-state index contributed by atoms with van der Waals surface area (Å²) in [5.74, 6) is 1.91. The summed E-state index contributed by atoms with van der Waals surface area (Å²) in [7, 11) is 1.86. The van der Waals surface area contributed by atoms with Gasteiger partial charge in [0, 0.05) is 44.3 Å². The first kappa shape index (κ1) is 22.7. The Morgan fingerprint density at radius 2 is 1.76 bits per heavy atom. The zero-order chi connectivity index (χ0) is 19.2. The molecule has 2 saturated carbocycles. The van der Waals surface area contributed by atoms with Crippen LogP contribution in [0.25, 0.3) is 0 Å². The van der Waals surface area contributed by atoms with Crippen LogP contribution in [0.4, 0.5) is 0 Å². The van der Waals surface area contributed by atoms with Crippen molar-refractivity contribution in [3.05, 3.63) is 29.8 Å². The number of hydrogen-bond acceptors (Lipinski definition) is 3. The first-order valence-electron chi connectivity index (χ1n) is 11.3. The molecule has 1 heterocycles. The molecule has 3 aliphatic rings. The number of guanidine groups is 1. The zero-order valence-corrected chi connectivity index (χ0v) is 20.1. The van der Waals surface area contributed by atoms with E-state index in [1.807, 2.05) is 7.05 Å². The number of ether oxygens (including phenoxy) is 1. The van der Waals surface area contributed by atoms with Crippen molar-refractivity contribution in [3.63, 3.8) is 0 Å². The van der Waals surface area contributed by atoms with Crippen LogP contribution >= 0.6 is 24.0 Å². The van der Waals surface area contributed by atoms with Crippen LogP contribution in [0, 0.1) is 0 Å². The zero-order valence-electron chi connectivity index (χ0n) is 17.7. The van der Waals surface area contributed by atoms with Crippen molar-refractivity contribution >= 4 is 29.9 Å². The lowest BCUT2D eigenvalue weighted by atomic mass is 9.96. The molecule has 0 unspecified atom stereocenters. The predicted octanol–water partition coefficient (Wildman–Crippen LogP) is 4.31. The van der Waals surface area contributed by atoms with E-state index in [1.165, 1.54) is 76.4 Å². The molecule has 1 aromatic rings. The Morgan fingerprint density at radius 3 is 2.41 bits per heavy atom. The molecule has 4 rings (SSSR count). The van der Waals surface area contributed by atoms with E-state index in [-0.39, 0.29) is 24.0 Å². The third-order valence-corrected chi connectivity index (χ3v) is 6.70. The quantitative estimate of drug-likeness (QED) is 0.339. The monoisotopic (exact) mass is 512 g/mol. The van der Waals surface area contributed by atoms with Crippen LogP contribution in [0.3, 0.4) is 0 Å². The van der Waals surface area contributed by atoms with Crippen LogP contribution in [0.2, 0.25) is 0 Å². The molecular weight excluding hydrogens is 475 g/mol. The fraction of sp³-hybridized carbons (Fsp3) is 0.696. The molecule has 0 bridgehead atoms. The van der Waals surface area contributed by atoms with Crippen LogP contribution in [0.1, 0.15) is 63.4 Å². The number of hydrogen-bond donors (Lipinski definition) is 2. The summed E-state index contributed by atoms with van der Waals surface area (Å²) in [6, 6.07) is 9.75. The molecule has 162 valence electrons. The van der Waals surface area contributed by atoms with Crippen molar-refractivity contribution in [1.82, 2.24) is 15.5 Å². The third-order valence-electron chi connectivity index (χ3n) is 6.70. The minimum atomic E-state index is 0. The number of rotatable bonds is 6. The van der Waals surface area contributed by atoms with Gasteiger partial charge >= 0.3 is 0 Å². The fourth-order valence-electron chi connectivity index (χ4n) is 4.68. The highest BCUT2D eigenvalue weighted by Crippen LogP contribution is 2.28. The summed E-state index contributed by atoms with van der Waals surface area (Å²) in [5.41, 5.74) is 1.20. The van der Waals surface area contributed by atoms with E-state index in [0.717, 1.165) is 24.3 Å². The van der Waals surface area contributed by atoms with E-state index in [9.17, 15) is 0 Å². The van der Waals surface area contributed by atoms with Crippen molar-refractivity contribution in [1.29, 1.82) is 0 Å². The van der Waals surface area contributed by atoms with E-state index in [4.69, 9.17) is 4.74 Å². The van der Waals surface area contributed by atoms with Gasteiger partial charge in [0.05, 0.1) is 6.10 Å². The maximum atomic E-state index is 6.15. The first-order valence-corrected chi connectivity index (χ1v) is 11.3. The summed E-state index contributed by atoms with van der Waals surface area (Å²) in [6.07, 6.45) is 12.1. The van der Waals surface area contributed by atoms with Gasteiger partial charge in [0.2, 0.25) is 0 Å². The molecule has 1 saturated heterocycles. The maximum absolute atomic E-state index is 6.15. The molecule has 0 atom stereocenters. The highest BCUT2D eigenvalue weighted by Gasteiger charge is 2.27. The topological polar surface area (TPSA) is 48.9 Å². The Labute approximate surface area is 193 Å². The van der Waals surface area contributed by atoms with Gasteiger partial charge < -0.3 is 20.3 Å². The van der Waals surface area contributed by atoms with Gasteiger partial charge in [-0.3, -0.25) is 4.99 Å². The largest absolute Gasteiger partial charge is 0.490 e. The summed E-state index contributed by atoms with van der Waals surface area (Å²) in [6.45, 7) is 3.18. The Morgan fingerprint density at radius 1 is 1.03 bits per heavy atom. The number of piperidine rings is 1. The van der Waals surface area contributed by atoms with E-state index in [0.29, 0.717) is 12.1 Å². The molecule has 0 radical (unpaired) electrons. The molecule has 0 amide bonds. The fourth-order valence-corrected chi connectivity index (χ4v) is 4.68. The Balaban J connectivity index is 0.00000240. The smallest absolute Gasteiger partial charge is 0.191 e. The SMILES string of the molecule is CN=C(NCc1ccccc1OC1CCC1)NC1CCN(C2CCCC2)CC1.I. The van der Waals surface area contributed by atoms with Crippen LogP contribution in [0.15, 0.2) is 29.3 Å². The second-order valence-electron chi connectivity index (χ2n) is 8.60. The summed E-state index contributed by atoms with van der Waals surface area (Å²) >= 11 is 0. The Hall–Kier alpha value is -1.02. The molecule has 0 spiro atoms. The van der Waals surface area contributed by atoms with Crippen molar-refractivity contribution in [2.24, 2.45) is 4.99 Å². The van der Waals surface area contributed by atoms with Crippen molar-refractivity contribution < 1.29 is 4.74 Å². The number of likely N-dealkylation sites (tertiary alicyclic amines) is 1. The lowest BCUT2D eigenvalue weighted by molar-refractivity contribution is 0.119. The van der Waals surface area contributed by atoms with E-state index < -0.39 is 0 Å². The number of nitrogens with one attached hydrogen (secondary N) is 2. The summed E-state index contributed by atoms with van der Waals surface area (Å²) in [4.78, 5) is 7.17. The van der Waals surface area contributed by atoms with Crippen LogP contribution in [-0.2, 0) is 6.54 Å². The van der Waals surface area contributed by atoms with Crippen LogP contribution in [-0.4, -0.2) is 49.2 Å². The number of para-hydroxylation sites is 1. The van der Waals surface area contributed by atoms with Gasteiger partial charge in [-0.2, -0.15) is 0 Å². The minimum Gasteiger partial charge on any atom is -0.490 e. The molecule has 2 N–H and O–H groups in total. The summed E-state index contributed by atoms with van der Waals surface area (Å²) < 4.78 is 6.15. The lowest BCUT2D eigenvalue weighted by Gasteiger charge is -2.36. The molecular formula is C23H37IN4O. The van der Waals surface area contributed by atoms with Crippen LogP contribution < -0.4 is 15.4 Å². The van der Waals surface area contributed by atoms with Gasteiger partial charge in [0.15, 0.2) is 5.96 Å². The van der Waals surface area contributed by atoms with Gasteiger partial charge in [-0.15, -0.1) is 24.0 Å². The average molecular weight is 512 g/mol. The minimum absolute atomic E-state index is 0. The second-order valence-corrected chi connectivity index (χ2v) is 8.60. The molecule has 5 nitrogen and oxygen atoms in total. The number of aliphatic imine (C=N–C) groups is 1. The standard InChI is InChI=1S/C23H36N4O.HI/c1-24-23(26-19-13-15-27(16-14-19)20-8-3-4-9-20)25-17-18-7-2-5-12-22(18)28-21-10-6-11-21;/h2,5,7,12,19-21H,3-4,6,8-11,13-17H2,1H3,(H2,24,25,26);1H. The van der Waals surface area contributed by atoms with Gasteiger partial charge in [0.1, 0.15) is 5.75 Å². The van der Waals surface area contributed by atoms with E-state index >= 15 is 0 Å². The van der Waals surface area contributed by atoms with Crippen molar-refractivity contribution in [3.8, 4) is 5.75 Å². The molecule has 2 aliphatic carbocycles. The summed E-state index contributed by atoms with van der Waals surface area (Å²) in [5, 5.41) is 7.14. The predicted molar refractivity (Wildman–Crippen MR) is 130 cm³/mol. The lowest BCUT2D eigenvalue weighted by Crippen LogP contribution is -2.50. The molecule has 1 aromatic carbocycles. The highest BCUT2D eigenvalue weighted by molar-refractivity contribution is 14.0. The van der Waals surface area contributed by atoms with Gasteiger partial charge in [-0.05, 0) is 51.0 Å². The number of nitrogens with zero attached hydrogens (tertiary/aromatic N) is 2. The third kappa shape index (κ3) is 6.23. The highest BCUT2D eigenvalue weighted by atomic mass is 127. The number of benzene rings is 1. The molecule has 0 aromatic heterocycles. The molecule has 29 heavy (non-hydrogen) atoms. The average Bonchev–Trinajstić information content (AvgIpc) is 3.24. The first-order chi connectivity index (χ1) is 13.8. The molecule has 1 aliphatic heterocycles. The van der Waals surface area contributed by atoms with E-state index in [2.05, 4.69) is 44.8 Å². The van der Waals surface area contributed by atoms with Crippen molar-refractivity contribution in [2.45, 2.75) is 82.5 Å². The molecule has 6 heteroatoms.